The number of aromatic nitrogens is 2. The first-order chi connectivity index (χ1) is 17.2. The van der Waals surface area contributed by atoms with E-state index in [1.807, 2.05) is 50.2 Å². The van der Waals surface area contributed by atoms with Gasteiger partial charge in [-0.2, -0.15) is 8.42 Å². The summed E-state index contributed by atoms with van der Waals surface area (Å²) in [6.07, 6.45) is 5.35. The average molecular weight is 510 g/mol. The minimum absolute atomic E-state index is 0.0375. The van der Waals surface area contributed by atoms with Gasteiger partial charge in [-0.15, -0.1) is 0 Å². The molecule has 1 aromatic heterocycles. The van der Waals surface area contributed by atoms with E-state index in [2.05, 4.69) is 9.71 Å². The van der Waals surface area contributed by atoms with Gasteiger partial charge in [-0.3, -0.25) is 4.72 Å². The Labute approximate surface area is 211 Å². The minimum Gasteiger partial charge on any atom is -0.507 e. The molecule has 4 rings (SSSR count). The zero-order valence-electron chi connectivity index (χ0n) is 20.6. The molecule has 1 aliphatic rings. The zero-order chi connectivity index (χ0) is 25.9. The van der Waals surface area contributed by atoms with Gasteiger partial charge in [0.15, 0.2) is 10.6 Å². The summed E-state index contributed by atoms with van der Waals surface area (Å²) in [6, 6.07) is 16.2. The van der Waals surface area contributed by atoms with E-state index in [9.17, 15) is 18.3 Å². The molecule has 9 heteroatoms. The molecule has 3 aromatic rings. The monoisotopic (exact) mass is 509 g/mol. The molecule has 190 valence electrons. The van der Waals surface area contributed by atoms with Crippen LogP contribution in [0.25, 0.3) is 0 Å². The van der Waals surface area contributed by atoms with Crippen LogP contribution >= 0.6 is 0 Å². The van der Waals surface area contributed by atoms with Crippen molar-refractivity contribution in [2.75, 3.05) is 4.72 Å². The van der Waals surface area contributed by atoms with Gasteiger partial charge in [-0.05, 0) is 36.1 Å². The molecule has 1 atom stereocenters. The largest absolute Gasteiger partial charge is 0.507 e. The van der Waals surface area contributed by atoms with Crippen molar-refractivity contribution in [3.63, 3.8) is 0 Å². The highest BCUT2D eigenvalue weighted by atomic mass is 32.2. The van der Waals surface area contributed by atoms with E-state index in [-0.39, 0.29) is 16.4 Å². The number of nitrogens with one attached hydrogen (secondary N) is 1. The maximum Gasteiger partial charge on any atom is 0.339 e. The highest BCUT2D eigenvalue weighted by Crippen LogP contribution is 2.46. The van der Waals surface area contributed by atoms with Crippen molar-refractivity contribution >= 4 is 21.7 Å². The van der Waals surface area contributed by atoms with Crippen LogP contribution in [-0.4, -0.2) is 34.6 Å². The molecule has 0 saturated heterocycles. The van der Waals surface area contributed by atoms with Crippen molar-refractivity contribution in [1.29, 1.82) is 0 Å². The van der Waals surface area contributed by atoms with Crippen LogP contribution < -0.4 is 4.72 Å². The lowest BCUT2D eigenvalue weighted by atomic mass is 9.81. The second-order valence-electron chi connectivity index (χ2n) is 9.10. The van der Waals surface area contributed by atoms with Gasteiger partial charge in [0.25, 0.3) is 10.0 Å². The van der Waals surface area contributed by atoms with E-state index in [0.717, 1.165) is 18.4 Å². The number of anilines is 1. The molecule has 2 heterocycles. The Balaban J connectivity index is 1.81. The van der Waals surface area contributed by atoms with E-state index < -0.39 is 27.5 Å². The van der Waals surface area contributed by atoms with Gasteiger partial charge in [0.05, 0.1) is 11.9 Å². The third-order valence-corrected chi connectivity index (χ3v) is 7.62. The molecule has 0 fully saturated rings. The number of cyclic esters (lactones) is 1. The highest BCUT2D eigenvalue weighted by molar-refractivity contribution is 7.92. The highest BCUT2D eigenvalue weighted by Gasteiger charge is 2.49. The van der Waals surface area contributed by atoms with Gasteiger partial charge in [0.1, 0.15) is 5.76 Å². The number of imidazole rings is 1. The summed E-state index contributed by atoms with van der Waals surface area (Å²) >= 11 is 0. The molecular weight excluding hydrogens is 478 g/mol. The van der Waals surface area contributed by atoms with Crippen LogP contribution in [0.15, 0.2) is 83.5 Å². The standard InChI is InChI=1S/C27H31N3O5S/c1-4-14-27(15-5-2)25(31)24(26(32)35-27)23(19-10-7-6-8-11-19)20-12-9-13-21(16-20)29-36(33,34)22-17-30(3)18-28-22/h6-13,16-18,23,29,31H,4-5,14-15H2,1-3H3. The quantitative estimate of drug-likeness (QED) is 0.370. The summed E-state index contributed by atoms with van der Waals surface area (Å²) in [7, 11) is -2.22. The Bertz CT molecular complexity index is 1370. The maximum atomic E-state index is 13.3. The summed E-state index contributed by atoms with van der Waals surface area (Å²) in [5.74, 6) is -1.24. The smallest absolute Gasteiger partial charge is 0.339 e. The normalized spacial score (nSPS) is 16.1. The zero-order valence-corrected chi connectivity index (χ0v) is 21.5. The Morgan fingerprint density at radius 3 is 2.33 bits per heavy atom. The van der Waals surface area contributed by atoms with E-state index in [1.165, 1.54) is 12.5 Å². The average Bonchev–Trinajstić information content (AvgIpc) is 3.38. The van der Waals surface area contributed by atoms with Crippen LogP contribution in [-0.2, 0) is 26.6 Å². The van der Waals surface area contributed by atoms with Gasteiger partial charge in [0, 0.05) is 24.8 Å². The van der Waals surface area contributed by atoms with Gasteiger partial charge in [0.2, 0.25) is 0 Å². The Hall–Kier alpha value is -3.59. The number of ether oxygens (including phenoxy) is 1. The molecule has 0 radical (unpaired) electrons. The van der Waals surface area contributed by atoms with E-state index in [4.69, 9.17) is 4.74 Å². The molecule has 1 aliphatic heterocycles. The first kappa shape index (κ1) is 25.5. The number of hydrogen-bond acceptors (Lipinski definition) is 6. The summed E-state index contributed by atoms with van der Waals surface area (Å²) < 4.78 is 35.7. The van der Waals surface area contributed by atoms with Crippen LogP contribution in [0.3, 0.4) is 0 Å². The van der Waals surface area contributed by atoms with Crippen LogP contribution in [0.1, 0.15) is 56.6 Å². The van der Waals surface area contributed by atoms with Gasteiger partial charge < -0.3 is 14.4 Å². The number of carbonyl (C=O) groups excluding carboxylic acids is 1. The fourth-order valence-electron chi connectivity index (χ4n) is 4.84. The van der Waals surface area contributed by atoms with Crippen molar-refractivity contribution in [2.24, 2.45) is 7.05 Å². The van der Waals surface area contributed by atoms with Gasteiger partial charge in [-0.25, -0.2) is 9.78 Å². The minimum atomic E-state index is -3.91. The number of nitrogens with zero attached hydrogens (tertiary/aromatic N) is 2. The molecule has 2 N–H and O–H groups in total. The molecule has 0 bridgehead atoms. The number of carbonyl (C=O) groups is 1. The topological polar surface area (TPSA) is 111 Å². The summed E-state index contributed by atoms with van der Waals surface area (Å²) in [6.45, 7) is 3.98. The SMILES string of the molecule is CCCC1(CCC)OC(=O)C(C(c2ccccc2)c2cccc(NS(=O)(=O)c3cn(C)cn3)c2)=C1O. The Kier molecular flexibility index (Phi) is 7.21. The molecule has 0 amide bonds. The summed E-state index contributed by atoms with van der Waals surface area (Å²) in [5.41, 5.74) is 0.891. The Morgan fingerprint density at radius 2 is 1.72 bits per heavy atom. The lowest BCUT2D eigenvalue weighted by Gasteiger charge is -2.27. The second kappa shape index (κ2) is 10.2. The number of aryl methyl sites for hydroxylation is 1. The lowest BCUT2D eigenvalue weighted by molar-refractivity contribution is -0.149. The van der Waals surface area contributed by atoms with Crippen LogP contribution in [0.5, 0.6) is 0 Å². The summed E-state index contributed by atoms with van der Waals surface area (Å²) in [4.78, 5) is 17.2. The third-order valence-electron chi connectivity index (χ3n) is 6.35. The van der Waals surface area contributed by atoms with Gasteiger partial charge >= 0.3 is 5.97 Å². The number of hydrogen-bond donors (Lipinski definition) is 2. The number of sulfonamides is 1. The summed E-state index contributed by atoms with van der Waals surface area (Å²) in [5, 5.41) is 11.3. The Morgan fingerprint density at radius 1 is 1.06 bits per heavy atom. The second-order valence-corrected chi connectivity index (χ2v) is 10.7. The first-order valence-corrected chi connectivity index (χ1v) is 13.5. The van der Waals surface area contributed by atoms with Crippen LogP contribution in [0.4, 0.5) is 5.69 Å². The van der Waals surface area contributed by atoms with Crippen molar-refractivity contribution in [1.82, 2.24) is 9.55 Å². The molecule has 2 aromatic carbocycles. The molecule has 0 aliphatic carbocycles. The van der Waals surface area contributed by atoms with E-state index in [1.54, 1.807) is 29.8 Å². The van der Waals surface area contributed by atoms with Gasteiger partial charge in [-0.1, -0.05) is 69.2 Å². The van der Waals surface area contributed by atoms with Crippen LogP contribution in [0.2, 0.25) is 0 Å². The maximum absolute atomic E-state index is 13.3. The first-order valence-electron chi connectivity index (χ1n) is 12.0. The van der Waals surface area contributed by atoms with Crippen molar-refractivity contribution in [2.45, 2.75) is 56.1 Å². The molecule has 1 unspecified atom stereocenters. The molecule has 0 spiro atoms. The fraction of sp³-hybridized carbons (Fsp3) is 0.333. The number of aliphatic hydroxyl groups excluding tert-OH is 1. The molecular formula is C27H31N3O5S. The predicted octanol–water partition coefficient (Wildman–Crippen LogP) is 5.06. The third kappa shape index (κ3) is 4.88. The van der Waals surface area contributed by atoms with E-state index in [0.29, 0.717) is 24.1 Å². The van der Waals surface area contributed by atoms with Crippen molar-refractivity contribution < 1.29 is 23.1 Å². The van der Waals surface area contributed by atoms with Crippen LogP contribution in [0, 0.1) is 0 Å². The lowest BCUT2D eigenvalue weighted by Crippen LogP contribution is -2.31. The molecule has 0 saturated carbocycles. The number of benzene rings is 2. The van der Waals surface area contributed by atoms with Crippen molar-refractivity contribution in [3.05, 3.63) is 89.6 Å². The number of esters is 1. The number of rotatable bonds is 10. The predicted molar refractivity (Wildman–Crippen MR) is 137 cm³/mol. The number of aliphatic hydroxyl groups is 1. The molecule has 36 heavy (non-hydrogen) atoms. The molecule has 8 nitrogen and oxygen atoms in total. The fourth-order valence-corrected chi connectivity index (χ4v) is 5.87. The van der Waals surface area contributed by atoms with Crippen molar-refractivity contribution in [3.8, 4) is 0 Å². The van der Waals surface area contributed by atoms with E-state index >= 15 is 0 Å².